The molecule has 2 heterocycles. The summed E-state index contributed by atoms with van der Waals surface area (Å²) >= 11 is 0. The third kappa shape index (κ3) is 4.31. The van der Waals surface area contributed by atoms with Crippen LogP contribution in [0.25, 0.3) is 0 Å². The van der Waals surface area contributed by atoms with Crippen molar-refractivity contribution in [3.8, 4) is 0 Å². The molecule has 1 aliphatic heterocycles. The molecule has 1 amide bonds. The third-order valence-corrected chi connectivity index (χ3v) is 4.65. The van der Waals surface area contributed by atoms with Crippen LogP contribution in [0.4, 0.5) is 11.6 Å². The molecule has 23 heavy (non-hydrogen) atoms. The Morgan fingerprint density at radius 3 is 3.00 bits per heavy atom. The van der Waals surface area contributed by atoms with Gasteiger partial charge in [0.1, 0.15) is 18.0 Å². The molecule has 1 fully saturated rings. The molecule has 3 atom stereocenters. The molecule has 1 aromatic heterocycles. The fourth-order valence-corrected chi connectivity index (χ4v) is 2.84. The number of anilines is 2. The van der Waals surface area contributed by atoms with Crippen LogP contribution in [0.15, 0.2) is 12.4 Å². The van der Waals surface area contributed by atoms with Crippen molar-refractivity contribution in [1.29, 1.82) is 0 Å². The molecule has 1 saturated heterocycles. The molecule has 7 nitrogen and oxygen atoms in total. The van der Waals surface area contributed by atoms with Gasteiger partial charge in [0.2, 0.25) is 5.91 Å². The van der Waals surface area contributed by atoms with Crippen LogP contribution in [0, 0.1) is 5.92 Å². The van der Waals surface area contributed by atoms with Gasteiger partial charge in [-0.05, 0) is 18.8 Å². The van der Waals surface area contributed by atoms with E-state index in [0.29, 0.717) is 6.54 Å². The van der Waals surface area contributed by atoms with Crippen molar-refractivity contribution in [3.05, 3.63) is 12.4 Å². The van der Waals surface area contributed by atoms with E-state index < -0.39 is 6.04 Å². The van der Waals surface area contributed by atoms with E-state index in [0.717, 1.165) is 37.4 Å². The second-order valence-corrected chi connectivity index (χ2v) is 6.16. The Labute approximate surface area is 138 Å². The Bertz CT molecular complexity index is 523. The first-order valence-electron chi connectivity index (χ1n) is 8.36. The van der Waals surface area contributed by atoms with Gasteiger partial charge in [-0.1, -0.05) is 20.3 Å². The average Bonchev–Trinajstić information content (AvgIpc) is 3.06. The quantitative estimate of drug-likeness (QED) is 0.693. The topological polar surface area (TPSA) is 96.2 Å². The highest BCUT2D eigenvalue weighted by Gasteiger charge is 2.27. The summed E-state index contributed by atoms with van der Waals surface area (Å²) in [4.78, 5) is 22.9. The van der Waals surface area contributed by atoms with E-state index in [2.05, 4.69) is 25.5 Å². The lowest BCUT2D eigenvalue weighted by atomic mass is 9.99. The molecular formula is C16H28N6O. The maximum Gasteiger partial charge on any atom is 0.237 e. The van der Waals surface area contributed by atoms with Crippen molar-refractivity contribution in [3.63, 3.8) is 0 Å². The predicted octanol–water partition coefficient (Wildman–Crippen LogP) is 0.977. The number of carbonyl (C=O) groups excluding carboxylic acids is 1. The van der Waals surface area contributed by atoms with Gasteiger partial charge in [0, 0.05) is 32.2 Å². The molecular weight excluding hydrogens is 292 g/mol. The summed E-state index contributed by atoms with van der Waals surface area (Å²) in [5, 5.41) is 6.03. The van der Waals surface area contributed by atoms with Gasteiger partial charge in [-0.25, -0.2) is 9.97 Å². The summed E-state index contributed by atoms with van der Waals surface area (Å²) in [6, 6.07) is 1.75. The van der Waals surface area contributed by atoms with Crippen LogP contribution in [0.2, 0.25) is 0 Å². The van der Waals surface area contributed by atoms with E-state index in [4.69, 9.17) is 5.73 Å². The Balaban J connectivity index is 1.95. The number of nitrogens with one attached hydrogen (secondary N) is 2. The first kappa shape index (κ1) is 17.5. The lowest BCUT2D eigenvalue weighted by Crippen LogP contribution is -2.48. The lowest BCUT2D eigenvalue weighted by Gasteiger charge is -2.27. The zero-order valence-corrected chi connectivity index (χ0v) is 14.2. The van der Waals surface area contributed by atoms with Crippen molar-refractivity contribution < 1.29 is 4.79 Å². The van der Waals surface area contributed by atoms with Crippen molar-refractivity contribution >= 4 is 17.5 Å². The van der Waals surface area contributed by atoms with E-state index in [1.807, 2.05) is 27.0 Å². The molecule has 1 aliphatic rings. The molecule has 2 rings (SSSR count). The number of nitrogens with two attached hydrogens (primary N) is 1. The van der Waals surface area contributed by atoms with Crippen LogP contribution in [0.1, 0.15) is 33.1 Å². The normalized spacial score (nSPS) is 20.2. The Morgan fingerprint density at radius 1 is 1.52 bits per heavy atom. The molecule has 1 aromatic rings. The minimum Gasteiger partial charge on any atom is -0.373 e. The SMILES string of the molecule is CCC(C)C(N)C(=O)NCC1CCCN1c1cc(NC)ncn1. The van der Waals surface area contributed by atoms with Crippen LogP contribution in [0.5, 0.6) is 0 Å². The Morgan fingerprint density at radius 2 is 2.30 bits per heavy atom. The third-order valence-electron chi connectivity index (χ3n) is 4.65. The summed E-state index contributed by atoms with van der Waals surface area (Å²) < 4.78 is 0. The van der Waals surface area contributed by atoms with E-state index in [9.17, 15) is 4.79 Å². The monoisotopic (exact) mass is 320 g/mol. The van der Waals surface area contributed by atoms with E-state index in [-0.39, 0.29) is 17.9 Å². The van der Waals surface area contributed by atoms with Gasteiger partial charge in [-0.2, -0.15) is 0 Å². The van der Waals surface area contributed by atoms with Gasteiger partial charge < -0.3 is 21.3 Å². The second kappa shape index (κ2) is 8.10. The average molecular weight is 320 g/mol. The maximum absolute atomic E-state index is 12.2. The predicted molar refractivity (Wildman–Crippen MR) is 92.4 cm³/mol. The fraction of sp³-hybridized carbons (Fsp3) is 0.688. The van der Waals surface area contributed by atoms with Gasteiger partial charge in [-0.3, -0.25) is 4.79 Å². The summed E-state index contributed by atoms with van der Waals surface area (Å²) in [6.45, 7) is 5.59. The number of rotatable bonds is 7. The summed E-state index contributed by atoms with van der Waals surface area (Å²) in [5.41, 5.74) is 5.99. The maximum atomic E-state index is 12.2. The van der Waals surface area contributed by atoms with Gasteiger partial charge >= 0.3 is 0 Å². The van der Waals surface area contributed by atoms with Crippen molar-refractivity contribution in [2.75, 3.05) is 30.4 Å². The second-order valence-electron chi connectivity index (χ2n) is 6.16. The van der Waals surface area contributed by atoms with Gasteiger partial charge in [0.25, 0.3) is 0 Å². The standard InChI is InChI=1S/C16H28N6O/c1-4-11(2)15(17)16(23)19-9-12-6-5-7-22(12)14-8-13(18-3)20-10-21-14/h8,10-12,15H,4-7,9,17H2,1-3H3,(H,19,23)(H,18,20,21). The molecule has 4 N–H and O–H groups in total. The number of amides is 1. The smallest absolute Gasteiger partial charge is 0.237 e. The van der Waals surface area contributed by atoms with E-state index >= 15 is 0 Å². The number of hydrogen-bond donors (Lipinski definition) is 3. The molecule has 7 heteroatoms. The number of nitrogens with zero attached hydrogens (tertiary/aromatic N) is 3. The zero-order chi connectivity index (χ0) is 16.8. The van der Waals surface area contributed by atoms with Gasteiger partial charge in [0.05, 0.1) is 6.04 Å². The highest BCUT2D eigenvalue weighted by molar-refractivity contribution is 5.81. The van der Waals surface area contributed by atoms with Gasteiger partial charge in [-0.15, -0.1) is 0 Å². The summed E-state index contributed by atoms with van der Waals surface area (Å²) in [7, 11) is 1.84. The molecule has 0 aliphatic carbocycles. The summed E-state index contributed by atoms with van der Waals surface area (Å²) in [6.07, 6.45) is 4.60. The number of hydrogen-bond acceptors (Lipinski definition) is 6. The zero-order valence-electron chi connectivity index (χ0n) is 14.2. The molecule has 128 valence electrons. The number of carbonyl (C=O) groups is 1. The molecule has 0 aromatic carbocycles. The van der Waals surface area contributed by atoms with Crippen LogP contribution in [-0.4, -0.2) is 48.1 Å². The molecule has 3 unspecified atom stereocenters. The highest BCUT2D eigenvalue weighted by atomic mass is 16.2. The Kier molecular flexibility index (Phi) is 6.15. The van der Waals surface area contributed by atoms with Gasteiger partial charge in [0.15, 0.2) is 0 Å². The molecule has 0 radical (unpaired) electrons. The molecule has 0 spiro atoms. The highest BCUT2D eigenvalue weighted by Crippen LogP contribution is 2.24. The summed E-state index contributed by atoms with van der Waals surface area (Å²) in [5.74, 6) is 1.82. The first-order chi connectivity index (χ1) is 11.1. The van der Waals surface area contributed by atoms with E-state index in [1.54, 1.807) is 6.33 Å². The van der Waals surface area contributed by atoms with Crippen molar-refractivity contribution in [2.24, 2.45) is 11.7 Å². The van der Waals surface area contributed by atoms with E-state index in [1.165, 1.54) is 0 Å². The lowest BCUT2D eigenvalue weighted by molar-refractivity contribution is -0.123. The van der Waals surface area contributed by atoms with Crippen molar-refractivity contribution in [2.45, 2.75) is 45.2 Å². The number of aromatic nitrogens is 2. The van der Waals surface area contributed by atoms with Crippen LogP contribution >= 0.6 is 0 Å². The van der Waals surface area contributed by atoms with Crippen LogP contribution in [-0.2, 0) is 4.79 Å². The van der Waals surface area contributed by atoms with Crippen LogP contribution in [0.3, 0.4) is 0 Å². The minimum atomic E-state index is -0.440. The minimum absolute atomic E-state index is 0.0650. The Hall–Kier alpha value is -1.89. The van der Waals surface area contributed by atoms with Crippen molar-refractivity contribution in [1.82, 2.24) is 15.3 Å². The van der Waals surface area contributed by atoms with Crippen LogP contribution < -0.4 is 21.3 Å². The molecule has 0 bridgehead atoms. The molecule has 0 saturated carbocycles. The largest absolute Gasteiger partial charge is 0.373 e. The first-order valence-corrected chi connectivity index (χ1v) is 8.36. The fourth-order valence-electron chi connectivity index (χ4n) is 2.84.